The van der Waals surface area contributed by atoms with E-state index in [-0.39, 0.29) is 11.6 Å². The zero-order chi connectivity index (χ0) is 15.7. The molecule has 0 fully saturated rings. The minimum absolute atomic E-state index is 0.104. The van der Waals surface area contributed by atoms with Gasteiger partial charge in [0.2, 0.25) is 5.88 Å². The van der Waals surface area contributed by atoms with E-state index in [9.17, 15) is 9.90 Å². The van der Waals surface area contributed by atoms with Crippen LogP contribution in [0.3, 0.4) is 0 Å². The summed E-state index contributed by atoms with van der Waals surface area (Å²) < 4.78 is 0.651. The largest absolute Gasteiger partial charge is 0.493 e. The van der Waals surface area contributed by atoms with Gasteiger partial charge in [0.15, 0.2) is 5.69 Å². The van der Waals surface area contributed by atoms with Gasteiger partial charge in [0, 0.05) is 9.86 Å². The summed E-state index contributed by atoms with van der Waals surface area (Å²) >= 11 is 3.30. The molecule has 6 heteroatoms. The zero-order valence-corrected chi connectivity index (χ0v) is 13.3. The van der Waals surface area contributed by atoms with Crippen molar-refractivity contribution in [2.75, 3.05) is 0 Å². The van der Waals surface area contributed by atoms with E-state index >= 15 is 0 Å². The lowest BCUT2D eigenvalue weighted by Gasteiger charge is -1.97. The third kappa shape index (κ3) is 2.53. The van der Waals surface area contributed by atoms with Gasteiger partial charge in [0.05, 0.1) is 11.1 Å². The number of aryl methyl sites for hydroxylation is 1. The first-order valence-corrected chi connectivity index (χ1v) is 7.38. The number of aromatic amines is 1. The number of carbonyl (C=O) groups excluding carboxylic acids is 1. The number of rotatable bonds is 2. The molecule has 22 heavy (non-hydrogen) atoms. The molecule has 0 aliphatic carbocycles. The number of hydrogen-bond acceptors (Lipinski definition) is 3. The molecular formula is C16H12BrN3O2. The van der Waals surface area contributed by atoms with E-state index in [1.807, 2.05) is 31.2 Å². The van der Waals surface area contributed by atoms with Crippen molar-refractivity contribution in [2.45, 2.75) is 6.92 Å². The first-order valence-electron chi connectivity index (χ1n) is 6.59. The van der Waals surface area contributed by atoms with Gasteiger partial charge < -0.3 is 10.1 Å². The predicted molar refractivity (Wildman–Crippen MR) is 87.7 cm³/mol. The topological polar surface area (TPSA) is 77.8 Å². The molecule has 0 aliphatic rings. The first-order chi connectivity index (χ1) is 10.6. The Labute approximate surface area is 134 Å². The molecule has 3 aromatic rings. The number of amides is 1. The normalized spacial score (nSPS) is 11.4. The van der Waals surface area contributed by atoms with Crippen LogP contribution in [0.15, 0.2) is 57.2 Å². The van der Waals surface area contributed by atoms with Gasteiger partial charge in [-0.2, -0.15) is 0 Å². The van der Waals surface area contributed by atoms with Crippen LogP contribution in [0, 0.1) is 6.92 Å². The summed E-state index contributed by atoms with van der Waals surface area (Å²) in [7, 11) is 0. The Morgan fingerprint density at radius 2 is 1.95 bits per heavy atom. The second-order valence-corrected chi connectivity index (χ2v) is 5.66. The summed E-state index contributed by atoms with van der Waals surface area (Å²) in [6, 6.07) is 12.6. The second kappa shape index (κ2) is 5.73. The van der Waals surface area contributed by atoms with Gasteiger partial charge in [0.1, 0.15) is 0 Å². The number of azo groups is 1. The third-order valence-corrected chi connectivity index (χ3v) is 4.03. The van der Waals surface area contributed by atoms with Crippen molar-refractivity contribution in [1.29, 1.82) is 0 Å². The summed E-state index contributed by atoms with van der Waals surface area (Å²) in [4.78, 5) is 14.9. The number of benzene rings is 2. The van der Waals surface area contributed by atoms with E-state index in [1.54, 1.807) is 18.2 Å². The number of hydrogen-bond donors (Lipinski definition) is 2. The van der Waals surface area contributed by atoms with Crippen LogP contribution >= 0.6 is 15.9 Å². The van der Waals surface area contributed by atoms with Crippen molar-refractivity contribution in [3.8, 4) is 5.88 Å². The van der Waals surface area contributed by atoms with Crippen LogP contribution in [-0.4, -0.2) is 16.0 Å². The number of carbonyl (C=O) groups is 1. The highest BCUT2D eigenvalue weighted by atomic mass is 79.9. The molecule has 1 aromatic heterocycles. The van der Waals surface area contributed by atoms with Crippen molar-refractivity contribution in [3.63, 3.8) is 0 Å². The van der Waals surface area contributed by atoms with Gasteiger partial charge in [-0.3, -0.25) is 4.79 Å². The van der Waals surface area contributed by atoms with Gasteiger partial charge in [-0.15, -0.1) is 10.2 Å². The van der Waals surface area contributed by atoms with Gasteiger partial charge in [-0.25, -0.2) is 0 Å². The molecule has 3 rings (SSSR count). The van der Waals surface area contributed by atoms with Crippen LogP contribution in [0.1, 0.15) is 15.9 Å². The molecule has 0 bridgehead atoms. The lowest BCUT2D eigenvalue weighted by molar-refractivity contribution is 0.0994. The van der Waals surface area contributed by atoms with E-state index in [0.29, 0.717) is 10.0 Å². The van der Waals surface area contributed by atoms with Crippen LogP contribution in [0.5, 0.6) is 5.88 Å². The predicted octanol–water partition coefficient (Wildman–Crippen LogP) is 4.87. The SMILES string of the molecule is Cc1cccc2c(N=NC(=O)c3ccccc3Br)c(O)[nH]c12. The Kier molecular flexibility index (Phi) is 3.77. The molecule has 0 radical (unpaired) electrons. The summed E-state index contributed by atoms with van der Waals surface area (Å²) in [5, 5.41) is 18.3. The summed E-state index contributed by atoms with van der Waals surface area (Å²) in [6.07, 6.45) is 0. The fourth-order valence-electron chi connectivity index (χ4n) is 2.22. The van der Waals surface area contributed by atoms with E-state index in [4.69, 9.17) is 0 Å². The smallest absolute Gasteiger partial charge is 0.296 e. The Morgan fingerprint density at radius 1 is 1.18 bits per heavy atom. The van der Waals surface area contributed by atoms with Crippen LogP contribution in [0.4, 0.5) is 5.69 Å². The standard InChI is InChI=1S/C16H12BrN3O2/c1-9-5-4-7-11-13(9)18-16(22)14(11)19-20-15(21)10-6-2-3-8-12(10)17/h2-8,18,22H,1H3. The number of para-hydroxylation sites is 1. The Hall–Kier alpha value is -2.47. The fraction of sp³-hybridized carbons (Fsp3) is 0.0625. The number of fused-ring (bicyclic) bond motifs is 1. The Balaban J connectivity index is 2.00. The summed E-state index contributed by atoms with van der Waals surface area (Å²) in [5.41, 5.74) is 2.44. The monoisotopic (exact) mass is 357 g/mol. The highest BCUT2D eigenvalue weighted by molar-refractivity contribution is 9.10. The number of halogens is 1. The molecule has 5 nitrogen and oxygen atoms in total. The molecule has 2 N–H and O–H groups in total. The average molecular weight is 358 g/mol. The van der Waals surface area contributed by atoms with Gasteiger partial charge in [-0.05, 0) is 40.5 Å². The maximum absolute atomic E-state index is 12.1. The van der Waals surface area contributed by atoms with Gasteiger partial charge in [-0.1, -0.05) is 30.3 Å². The fourth-order valence-corrected chi connectivity index (χ4v) is 2.68. The molecule has 0 aliphatic heterocycles. The van der Waals surface area contributed by atoms with E-state index in [0.717, 1.165) is 16.5 Å². The van der Waals surface area contributed by atoms with Crippen molar-refractivity contribution in [1.82, 2.24) is 4.98 Å². The lowest BCUT2D eigenvalue weighted by atomic mass is 10.1. The number of H-pyrrole nitrogens is 1. The van der Waals surface area contributed by atoms with E-state index in [2.05, 4.69) is 31.1 Å². The molecule has 1 amide bonds. The molecule has 0 saturated heterocycles. The van der Waals surface area contributed by atoms with Crippen LogP contribution in [0.25, 0.3) is 10.9 Å². The summed E-state index contributed by atoms with van der Waals surface area (Å²) in [6.45, 7) is 1.92. The van der Waals surface area contributed by atoms with Crippen molar-refractivity contribution in [3.05, 3.63) is 58.1 Å². The number of nitrogens with zero attached hydrogens (tertiary/aromatic N) is 2. The molecule has 0 atom stereocenters. The number of aromatic nitrogens is 1. The number of nitrogens with one attached hydrogen (secondary N) is 1. The zero-order valence-electron chi connectivity index (χ0n) is 11.7. The minimum atomic E-state index is -0.478. The highest BCUT2D eigenvalue weighted by Crippen LogP contribution is 2.36. The van der Waals surface area contributed by atoms with E-state index < -0.39 is 5.91 Å². The van der Waals surface area contributed by atoms with Crippen molar-refractivity contribution >= 4 is 38.4 Å². The van der Waals surface area contributed by atoms with Gasteiger partial charge >= 0.3 is 0 Å². The average Bonchev–Trinajstić information content (AvgIpc) is 2.82. The molecule has 1 heterocycles. The number of aromatic hydroxyl groups is 1. The second-order valence-electron chi connectivity index (χ2n) is 4.80. The Morgan fingerprint density at radius 3 is 2.73 bits per heavy atom. The molecular weight excluding hydrogens is 346 g/mol. The van der Waals surface area contributed by atoms with Crippen molar-refractivity contribution < 1.29 is 9.90 Å². The summed E-state index contributed by atoms with van der Waals surface area (Å²) in [5.74, 6) is -0.582. The molecule has 0 saturated carbocycles. The van der Waals surface area contributed by atoms with Crippen LogP contribution < -0.4 is 0 Å². The molecule has 2 aromatic carbocycles. The molecule has 0 unspecified atom stereocenters. The van der Waals surface area contributed by atoms with Gasteiger partial charge in [0.25, 0.3) is 5.91 Å². The van der Waals surface area contributed by atoms with Crippen LogP contribution in [-0.2, 0) is 0 Å². The minimum Gasteiger partial charge on any atom is -0.493 e. The maximum Gasteiger partial charge on any atom is 0.296 e. The lowest BCUT2D eigenvalue weighted by Crippen LogP contribution is -1.94. The molecule has 110 valence electrons. The third-order valence-electron chi connectivity index (χ3n) is 3.34. The Bertz CT molecular complexity index is 900. The van der Waals surface area contributed by atoms with E-state index in [1.165, 1.54) is 0 Å². The molecule has 0 spiro atoms. The highest BCUT2D eigenvalue weighted by Gasteiger charge is 2.13. The van der Waals surface area contributed by atoms with Crippen molar-refractivity contribution in [2.24, 2.45) is 10.2 Å². The first kappa shape index (κ1) is 14.5. The maximum atomic E-state index is 12.1. The van der Waals surface area contributed by atoms with Crippen LogP contribution in [0.2, 0.25) is 0 Å². The quantitative estimate of drug-likeness (QED) is 0.641.